The third-order valence-corrected chi connectivity index (χ3v) is 8.05. The summed E-state index contributed by atoms with van der Waals surface area (Å²) in [4.78, 5) is 12.0. The molecule has 146 valence electrons. The van der Waals surface area contributed by atoms with Crippen molar-refractivity contribution in [2.45, 2.75) is 64.2 Å². The van der Waals surface area contributed by atoms with E-state index in [1.54, 1.807) is 5.57 Å². The van der Waals surface area contributed by atoms with Gasteiger partial charge in [-0.2, -0.15) is 0 Å². The maximum atomic E-state index is 12.0. The summed E-state index contributed by atoms with van der Waals surface area (Å²) >= 11 is 0. The zero-order chi connectivity index (χ0) is 19.3. The molecule has 0 heterocycles. The van der Waals surface area contributed by atoms with Crippen LogP contribution in [0.25, 0.3) is 0 Å². The van der Waals surface area contributed by atoms with Crippen LogP contribution >= 0.6 is 0 Å². The van der Waals surface area contributed by atoms with E-state index in [9.17, 15) is 4.79 Å². The van der Waals surface area contributed by atoms with Crippen LogP contribution in [-0.4, -0.2) is 17.2 Å². The van der Waals surface area contributed by atoms with E-state index in [1.807, 2.05) is 6.08 Å². The molecule has 2 fully saturated rings. The van der Waals surface area contributed by atoms with Gasteiger partial charge in [0.1, 0.15) is 0 Å². The summed E-state index contributed by atoms with van der Waals surface area (Å²) in [6.45, 7) is 2.53. The minimum atomic E-state index is 0.309. The highest BCUT2D eigenvalue weighted by atomic mass is 16.4. The first-order valence-electron chi connectivity index (χ1n) is 10.8. The highest BCUT2D eigenvalue weighted by Crippen LogP contribution is 2.63. The topological polar surface area (TPSA) is 49.7 Å². The average Bonchev–Trinajstić information content (AvgIpc) is 3.09. The summed E-state index contributed by atoms with van der Waals surface area (Å²) in [7, 11) is 0. The van der Waals surface area contributed by atoms with Gasteiger partial charge in [0.05, 0.1) is 6.21 Å². The van der Waals surface area contributed by atoms with Crippen molar-refractivity contribution in [2.24, 2.45) is 22.4 Å². The Labute approximate surface area is 167 Å². The van der Waals surface area contributed by atoms with E-state index >= 15 is 0 Å². The summed E-state index contributed by atoms with van der Waals surface area (Å²) in [5.41, 5.74) is 7.27. The van der Waals surface area contributed by atoms with Crippen LogP contribution in [0.4, 0.5) is 0 Å². The molecule has 2 unspecified atom stereocenters. The third kappa shape index (κ3) is 2.78. The Balaban J connectivity index is 1.63. The summed E-state index contributed by atoms with van der Waals surface area (Å²) in [5, 5.41) is 12.0. The van der Waals surface area contributed by atoms with E-state index in [4.69, 9.17) is 5.21 Å². The molecule has 0 radical (unpaired) electrons. The van der Waals surface area contributed by atoms with Gasteiger partial charge in [-0.3, -0.25) is 4.79 Å². The highest BCUT2D eigenvalue weighted by molar-refractivity contribution is 5.93. The lowest BCUT2D eigenvalue weighted by atomic mass is 9.53. The molecule has 0 bridgehead atoms. The van der Waals surface area contributed by atoms with Gasteiger partial charge in [0, 0.05) is 12.3 Å². The van der Waals surface area contributed by atoms with Crippen molar-refractivity contribution in [2.75, 3.05) is 0 Å². The van der Waals surface area contributed by atoms with Gasteiger partial charge in [0.25, 0.3) is 0 Å². The molecule has 0 spiro atoms. The number of ketones is 1. The van der Waals surface area contributed by atoms with Gasteiger partial charge in [-0.15, -0.1) is 0 Å². The normalized spacial score (nSPS) is 34.8. The fourth-order valence-corrected chi connectivity index (χ4v) is 6.85. The highest BCUT2D eigenvalue weighted by Gasteiger charge is 2.52. The summed E-state index contributed by atoms with van der Waals surface area (Å²) in [6.07, 6.45) is 12.6. The Kier molecular flexibility index (Phi) is 4.30. The van der Waals surface area contributed by atoms with Gasteiger partial charge in [0.15, 0.2) is 5.78 Å². The lowest BCUT2D eigenvalue weighted by molar-refractivity contribution is -0.114. The van der Waals surface area contributed by atoms with Gasteiger partial charge in [-0.25, -0.2) is 0 Å². The molecule has 1 N–H and O–H groups in total. The Bertz CT molecular complexity index is 892. The van der Waals surface area contributed by atoms with Gasteiger partial charge in [-0.05, 0) is 84.1 Å². The molecule has 4 atom stereocenters. The molecule has 0 amide bonds. The summed E-state index contributed by atoms with van der Waals surface area (Å²) in [5.74, 6) is 2.26. The number of nitrogens with zero attached hydrogens (tertiary/aromatic N) is 1. The zero-order valence-electron chi connectivity index (χ0n) is 16.7. The standard InChI is InChI=1S/C25H29NO2/c1-25-12-2-3-23(25)21-10-8-18-13-19(27)9-11-20(18)24(21)22(14-25)17-6-4-16(5-7-17)15-26-28/h4-7,13,15,21-23,28H,2-3,8-12,14H2,1H3/t21?,22-,23?,25+/m1/s1. The lowest BCUT2D eigenvalue weighted by Gasteiger charge is -2.51. The number of carbonyl (C=O) groups excluding carboxylic acids is 1. The lowest BCUT2D eigenvalue weighted by Crippen LogP contribution is -2.40. The van der Waals surface area contributed by atoms with Crippen LogP contribution in [0, 0.1) is 17.3 Å². The molecular weight excluding hydrogens is 346 g/mol. The van der Waals surface area contributed by atoms with E-state index in [2.05, 4.69) is 36.3 Å². The Morgan fingerprint density at radius 2 is 1.96 bits per heavy atom. The van der Waals surface area contributed by atoms with Gasteiger partial charge < -0.3 is 5.21 Å². The van der Waals surface area contributed by atoms with Crippen LogP contribution in [0.5, 0.6) is 0 Å². The second kappa shape index (κ2) is 6.72. The molecule has 2 saturated carbocycles. The molecule has 1 aromatic rings. The number of benzene rings is 1. The minimum Gasteiger partial charge on any atom is -0.411 e. The van der Waals surface area contributed by atoms with E-state index < -0.39 is 0 Å². The SMILES string of the molecule is C[C@@]12CCCC1C1CCC3=CC(=O)CCC3=C1[C@@H](c1ccc(C=NO)cc1)C2. The number of hydrogen-bond donors (Lipinski definition) is 1. The van der Waals surface area contributed by atoms with Crippen LogP contribution in [0.15, 0.2) is 52.2 Å². The van der Waals surface area contributed by atoms with Crippen molar-refractivity contribution < 1.29 is 10.0 Å². The quantitative estimate of drug-likeness (QED) is 0.404. The summed E-state index contributed by atoms with van der Waals surface area (Å²) < 4.78 is 0. The first-order valence-corrected chi connectivity index (χ1v) is 10.8. The van der Waals surface area contributed by atoms with Crippen molar-refractivity contribution in [3.63, 3.8) is 0 Å². The van der Waals surface area contributed by atoms with Crippen LogP contribution in [-0.2, 0) is 4.79 Å². The van der Waals surface area contributed by atoms with Crippen molar-refractivity contribution in [3.05, 3.63) is 58.2 Å². The van der Waals surface area contributed by atoms with Crippen LogP contribution < -0.4 is 0 Å². The molecule has 0 aliphatic heterocycles. The molecule has 5 rings (SSSR count). The van der Waals surface area contributed by atoms with E-state index in [1.165, 1.54) is 55.0 Å². The van der Waals surface area contributed by atoms with Crippen molar-refractivity contribution >= 4 is 12.0 Å². The van der Waals surface area contributed by atoms with Gasteiger partial charge >= 0.3 is 0 Å². The maximum absolute atomic E-state index is 12.0. The third-order valence-electron chi connectivity index (χ3n) is 8.05. The molecule has 0 aromatic heterocycles. The van der Waals surface area contributed by atoms with Crippen molar-refractivity contribution in [3.8, 4) is 0 Å². The molecule has 3 nitrogen and oxygen atoms in total. The Morgan fingerprint density at radius 3 is 2.75 bits per heavy atom. The smallest absolute Gasteiger partial charge is 0.156 e. The molecule has 4 aliphatic carbocycles. The molecule has 3 heteroatoms. The predicted molar refractivity (Wildman–Crippen MR) is 111 cm³/mol. The number of carbonyl (C=O) groups is 1. The number of oxime groups is 1. The van der Waals surface area contributed by atoms with Crippen LogP contribution in [0.3, 0.4) is 0 Å². The number of rotatable bonds is 2. The fourth-order valence-electron chi connectivity index (χ4n) is 6.85. The average molecular weight is 376 g/mol. The fraction of sp³-hybridized carbons (Fsp3) is 0.520. The van der Waals surface area contributed by atoms with Crippen LogP contribution in [0.1, 0.15) is 75.3 Å². The Hall–Kier alpha value is -2.16. The Morgan fingerprint density at radius 1 is 1.14 bits per heavy atom. The zero-order valence-corrected chi connectivity index (χ0v) is 16.7. The van der Waals surface area contributed by atoms with E-state index in [0.717, 1.165) is 24.3 Å². The van der Waals surface area contributed by atoms with Crippen molar-refractivity contribution in [1.29, 1.82) is 0 Å². The number of allylic oxidation sites excluding steroid dienone is 4. The number of hydrogen-bond acceptors (Lipinski definition) is 3. The molecule has 28 heavy (non-hydrogen) atoms. The van der Waals surface area contributed by atoms with Crippen molar-refractivity contribution in [1.82, 2.24) is 0 Å². The summed E-state index contributed by atoms with van der Waals surface area (Å²) in [6, 6.07) is 8.55. The molecular formula is C25H29NO2. The maximum Gasteiger partial charge on any atom is 0.156 e. The second-order valence-corrected chi connectivity index (χ2v) is 9.54. The number of fused-ring (bicyclic) bond motifs is 4. The first kappa shape index (κ1) is 17.9. The molecule has 4 aliphatic rings. The molecule has 1 aromatic carbocycles. The second-order valence-electron chi connectivity index (χ2n) is 9.54. The first-order chi connectivity index (χ1) is 13.6. The van der Waals surface area contributed by atoms with Gasteiger partial charge in [0.2, 0.25) is 0 Å². The van der Waals surface area contributed by atoms with Gasteiger partial charge in [-0.1, -0.05) is 48.3 Å². The largest absolute Gasteiger partial charge is 0.411 e. The van der Waals surface area contributed by atoms with E-state index in [-0.39, 0.29) is 0 Å². The predicted octanol–water partition coefficient (Wildman–Crippen LogP) is 5.78. The minimum absolute atomic E-state index is 0.309. The van der Waals surface area contributed by atoms with E-state index in [0.29, 0.717) is 29.5 Å². The molecule has 0 saturated heterocycles. The van der Waals surface area contributed by atoms with Crippen LogP contribution in [0.2, 0.25) is 0 Å². The monoisotopic (exact) mass is 375 g/mol.